The molecule has 0 fully saturated rings. The van der Waals surface area contributed by atoms with Crippen LogP contribution in [-0.2, 0) is 20.4 Å². The van der Waals surface area contributed by atoms with E-state index in [1.54, 1.807) is 24.8 Å². The van der Waals surface area contributed by atoms with Gasteiger partial charge in [-0.1, -0.05) is 12.1 Å². The first kappa shape index (κ1) is 22.0. The van der Waals surface area contributed by atoms with Crippen molar-refractivity contribution in [3.05, 3.63) is 81.4 Å². The number of hydrogen-bond donors (Lipinski definition) is 0. The van der Waals surface area contributed by atoms with Crippen LogP contribution in [0.2, 0.25) is 0 Å². The van der Waals surface area contributed by atoms with Gasteiger partial charge in [0.1, 0.15) is 0 Å². The van der Waals surface area contributed by atoms with Crippen molar-refractivity contribution in [1.29, 1.82) is 0 Å². The first-order valence-electron chi connectivity index (χ1n) is 4.43. The molecule has 0 spiro atoms. The molecule has 0 amide bonds. The molecule has 9 heteroatoms. The Morgan fingerprint density at radius 3 is 0.895 bits per heavy atom. The van der Waals surface area contributed by atoms with E-state index < -0.39 is 0 Å². The average molecular weight is 357 g/mol. The fourth-order valence-electron chi connectivity index (χ4n) is 0.625. The zero-order valence-electron chi connectivity index (χ0n) is 9.51. The van der Waals surface area contributed by atoms with Gasteiger partial charge in [-0.3, -0.25) is 9.97 Å². The average Bonchev–Trinajstić information content (AvgIpc) is 2.45. The minimum absolute atomic E-state index is 0. The Bertz CT molecular complexity index is 276. The van der Waals surface area contributed by atoms with Gasteiger partial charge >= 0.3 is 20.4 Å². The zero-order valence-corrected chi connectivity index (χ0v) is 11.1. The molecule has 2 heterocycles. The first-order chi connectivity index (χ1) is 8.83. The normalized spacial score (nSPS) is 6.32. The Labute approximate surface area is 123 Å². The van der Waals surface area contributed by atoms with Crippen LogP contribution in [0.25, 0.3) is 0 Å². The van der Waals surface area contributed by atoms with Crippen molar-refractivity contribution in [1.82, 2.24) is 9.97 Å². The third-order valence-electron chi connectivity index (χ3n) is 1.13. The Morgan fingerprint density at radius 1 is 0.632 bits per heavy atom. The molecule has 0 N–H and O–H groups in total. The molecule has 104 valence electrons. The molecule has 19 heavy (non-hydrogen) atoms. The van der Waals surface area contributed by atoms with Crippen LogP contribution in [-0.4, -0.2) is 9.97 Å². The van der Waals surface area contributed by atoms with E-state index in [0.717, 1.165) is 10.7 Å². The molecule has 0 aliphatic rings. The Kier molecular flexibility index (Phi) is 28.7. The first-order valence-corrected chi connectivity index (χ1v) is 4.43. The summed E-state index contributed by atoms with van der Waals surface area (Å²) in [5.41, 5.74) is 0. The summed E-state index contributed by atoms with van der Waals surface area (Å²) in [6.45, 7) is 0. The maximum Gasteiger partial charge on any atom is 2.00 e. The van der Waals surface area contributed by atoms with Crippen LogP contribution in [0, 0.1) is 20.2 Å². The molecule has 0 aliphatic heterocycles. The van der Waals surface area contributed by atoms with E-state index in [9.17, 15) is 0 Å². The summed E-state index contributed by atoms with van der Waals surface area (Å²) < 4.78 is 0. The van der Waals surface area contributed by atoms with Crippen molar-refractivity contribution < 1.29 is 20.4 Å². The van der Waals surface area contributed by atoms with Crippen molar-refractivity contribution in [2.75, 3.05) is 0 Å². The van der Waals surface area contributed by atoms with Crippen LogP contribution in [0.1, 0.15) is 0 Å². The van der Waals surface area contributed by atoms with Gasteiger partial charge in [0.05, 0.1) is 0 Å². The summed E-state index contributed by atoms with van der Waals surface area (Å²) in [7, 11) is 0. The molecule has 8 nitrogen and oxygen atoms in total. The van der Waals surface area contributed by atoms with Gasteiger partial charge in [0, 0.05) is 24.8 Å². The van der Waals surface area contributed by atoms with E-state index in [4.69, 9.17) is 20.2 Å². The Balaban J connectivity index is -0.000000188. The maximum atomic E-state index is 8.00. The molecule has 2 aromatic heterocycles. The molecule has 0 bridgehead atoms. The predicted molar refractivity (Wildman–Crippen MR) is 66.8 cm³/mol. The second-order valence-electron chi connectivity index (χ2n) is 2.20. The monoisotopic (exact) mass is 356 g/mol. The molecule has 0 saturated heterocycles. The molecule has 2 aromatic rings. The molecule has 0 radical (unpaired) electrons. The zero-order chi connectivity index (χ0) is 13.9. The molecular formula is C10H10N4O4Pd. The van der Waals surface area contributed by atoms with Crippen LogP contribution in [0.3, 0.4) is 0 Å². The Hall–Kier alpha value is -2.24. The van der Waals surface area contributed by atoms with E-state index >= 15 is 0 Å². The van der Waals surface area contributed by atoms with Crippen LogP contribution in [0.4, 0.5) is 0 Å². The van der Waals surface area contributed by atoms with E-state index in [-0.39, 0.29) is 20.4 Å². The third-order valence-corrected chi connectivity index (χ3v) is 1.13. The smallest absolute Gasteiger partial charge is 0.444 e. The summed E-state index contributed by atoms with van der Waals surface area (Å²) in [6.07, 6.45) is 7.00. The number of aromatic nitrogens is 2. The molecular weight excluding hydrogens is 347 g/mol. The van der Waals surface area contributed by atoms with Gasteiger partial charge in [-0.05, 0) is 24.3 Å². The summed E-state index contributed by atoms with van der Waals surface area (Å²) in [6, 6.07) is 11.4. The van der Waals surface area contributed by atoms with Gasteiger partial charge < -0.3 is 20.2 Å². The van der Waals surface area contributed by atoms with Gasteiger partial charge in [0.15, 0.2) is 0 Å². The topological polar surface area (TPSA) is 131 Å². The van der Waals surface area contributed by atoms with Crippen molar-refractivity contribution in [3.8, 4) is 0 Å². The van der Waals surface area contributed by atoms with E-state index in [1.807, 2.05) is 36.4 Å². The molecule has 0 atom stereocenters. The van der Waals surface area contributed by atoms with Crippen LogP contribution in [0.5, 0.6) is 0 Å². The van der Waals surface area contributed by atoms with Gasteiger partial charge in [0.2, 0.25) is 0 Å². The summed E-state index contributed by atoms with van der Waals surface area (Å²) in [5, 5.41) is 18.0. The molecule has 0 aliphatic carbocycles. The van der Waals surface area contributed by atoms with Crippen molar-refractivity contribution in [3.63, 3.8) is 0 Å². The van der Waals surface area contributed by atoms with Gasteiger partial charge in [-0.25, -0.2) is 0 Å². The summed E-state index contributed by atoms with van der Waals surface area (Å²) in [4.78, 5) is 23.6. The number of hydrogen-bond acceptors (Lipinski definition) is 8. The molecule has 0 unspecified atom stereocenters. The third kappa shape index (κ3) is 31.3. The van der Waals surface area contributed by atoms with Gasteiger partial charge in [-0.2, -0.15) is 0 Å². The quantitative estimate of drug-likeness (QED) is 0.405. The number of pyridine rings is 2. The van der Waals surface area contributed by atoms with Crippen molar-refractivity contribution in [2.45, 2.75) is 0 Å². The second-order valence-corrected chi connectivity index (χ2v) is 2.20. The van der Waals surface area contributed by atoms with E-state index in [1.165, 1.54) is 0 Å². The van der Waals surface area contributed by atoms with Crippen LogP contribution >= 0.6 is 0 Å². The summed E-state index contributed by atoms with van der Waals surface area (Å²) >= 11 is 0. The minimum Gasteiger partial charge on any atom is -0.444 e. The number of nitrogens with zero attached hydrogens (tertiary/aromatic N) is 4. The Morgan fingerprint density at radius 2 is 0.842 bits per heavy atom. The largest absolute Gasteiger partial charge is 2.00 e. The number of rotatable bonds is 0. The SMILES string of the molecule is O=N[O-].O=N[O-].[Pd+2].c1ccncc1.c1ccncc1. The molecule has 0 aromatic carbocycles. The minimum atomic E-state index is 0. The molecule has 2 rings (SSSR count). The second kappa shape index (κ2) is 24.8. The van der Waals surface area contributed by atoms with E-state index in [0.29, 0.717) is 0 Å². The molecule has 0 saturated carbocycles. The van der Waals surface area contributed by atoms with E-state index in [2.05, 4.69) is 9.97 Å². The fraction of sp³-hybridized carbons (Fsp3) is 0. The van der Waals surface area contributed by atoms with Crippen LogP contribution in [0.15, 0.2) is 71.9 Å². The van der Waals surface area contributed by atoms with Gasteiger partial charge in [0.25, 0.3) is 0 Å². The van der Waals surface area contributed by atoms with Crippen molar-refractivity contribution in [2.24, 2.45) is 10.7 Å². The van der Waals surface area contributed by atoms with Crippen LogP contribution < -0.4 is 0 Å². The standard InChI is InChI=1S/2C5H5N.2HNO2.Pd/c2*1-2-4-6-5-3-1;2*2-1-3;/h2*1-5H;2*(H,2,3);/q;;;;+2/p-2. The maximum absolute atomic E-state index is 8.00. The predicted octanol–water partition coefficient (Wildman–Crippen LogP) is 2.66. The van der Waals surface area contributed by atoms with Crippen molar-refractivity contribution >= 4 is 0 Å². The summed E-state index contributed by atoms with van der Waals surface area (Å²) in [5.74, 6) is 0. The fourth-order valence-corrected chi connectivity index (χ4v) is 0.625. The van der Waals surface area contributed by atoms with Gasteiger partial charge in [-0.15, -0.1) is 10.7 Å².